The van der Waals surface area contributed by atoms with Crippen LogP contribution < -0.4 is 0 Å². The highest BCUT2D eigenvalue weighted by Gasteiger charge is 2.14. The van der Waals surface area contributed by atoms with Crippen molar-refractivity contribution in [3.63, 3.8) is 0 Å². The van der Waals surface area contributed by atoms with E-state index in [0.717, 1.165) is 21.7 Å². The first-order valence-corrected chi connectivity index (χ1v) is 5.95. The average Bonchev–Trinajstić information content (AvgIpc) is 2.33. The summed E-state index contributed by atoms with van der Waals surface area (Å²) in [5, 5.41) is 0.569. The van der Waals surface area contributed by atoms with Gasteiger partial charge in [-0.3, -0.25) is 0 Å². The molecule has 2 aromatic rings. The molecule has 0 aliphatic carbocycles. The van der Waals surface area contributed by atoms with Crippen molar-refractivity contribution < 1.29 is 0 Å². The van der Waals surface area contributed by atoms with Crippen LogP contribution >= 0.6 is 23.2 Å². The van der Waals surface area contributed by atoms with Crippen LogP contribution in [-0.4, -0.2) is 0 Å². The molecule has 0 nitrogen and oxygen atoms in total. The Balaban J connectivity index is 2.42. The fourth-order valence-corrected chi connectivity index (χ4v) is 2.29. The molecule has 0 N–H and O–H groups in total. The van der Waals surface area contributed by atoms with Crippen LogP contribution in [0, 0.1) is 6.92 Å². The highest BCUT2D eigenvalue weighted by molar-refractivity contribution is 6.33. The molecule has 1 atom stereocenters. The highest BCUT2D eigenvalue weighted by atomic mass is 35.5. The second kappa shape index (κ2) is 4.90. The van der Waals surface area contributed by atoms with Crippen molar-refractivity contribution in [2.45, 2.75) is 12.3 Å². The molecule has 2 aromatic carbocycles. The normalized spacial score (nSPS) is 12.4. The minimum Gasteiger partial charge on any atom is -0.113 e. The maximum atomic E-state index is 6.42. The van der Waals surface area contributed by atoms with E-state index >= 15 is 0 Å². The molecule has 82 valence electrons. The van der Waals surface area contributed by atoms with Gasteiger partial charge in [0.25, 0.3) is 0 Å². The number of rotatable bonds is 2. The summed E-state index contributed by atoms with van der Waals surface area (Å²) in [6.07, 6.45) is 0. The number of benzene rings is 2. The molecule has 0 bridgehead atoms. The predicted octanol–water partition coefficient (Wildman–Crippen LogP) is 4.98. The van der Waals surface area contributed by atoms with Gasteiger partial charge in [-0.15, -0.1) is 11.6 Å². The SMILES string of the molecule is Cc1cccc(C(Cl)c2ccccc2)c1Cl. The van der Waals surface area contributed by atoms with Crippen molar-refractivity contribution >= 4 is 23.2 Å². The van der Waals surface area contributed by atoms with Crippen molar-refractivity contribution in [3.8, 4) is 0 Å². The van der Waals surface area contributed by atoms with E-state index in [9.17, 15) is 0 Å². The molecule has 1 unspecified atom stereocenters. The monoisotopic (exact) mass is 250 g/mol. The summed E-state index contributed by atoms with van der Waals surface area (Å²) in [5.41, 5.74) is 3.09. The summed E-state index contributed by atoms with van der Waals surface area (Å²) in [6, 6.07) is 15.9. The number of alkyl halides is 1. The fourth-order valence-electron chi connectivity index (χ4n) is 1.67. The summed E-state index contributed by atoms with van der Waals surface area (Å²) >= 11 is 12.7. The van der Waals surface area contributed by atoms with Crippen LogP contribution in [0.3, 0.4) is 0 Å². The van der Waals surface area contributed by atoms with E-state index in [4.69, 9.17) is 23.2 Å². The van der Waals surface area contributed by atoms with Crippen molar-refractivity contribution in [1.29, 1.82) is 0 Å². The zero-order valence-electron chi connectivity index (χ0n) is 8.95. The van der Waals surface area contributed by atoms with Crippen LogP contribution in [0.5, 0.6) is 0 Å². The third kappa shape index (κ3) is 2.23. The van der Waals surface area contributed by atoms with Gasteiger partial charge in [-0.2, -0.15) is 0 Å². The molecular weight excluding hydrogens is 239 g/mol. The van der Waals surface area contributed by atoms with Crippen LogP contribution in [0.4, 0.5) is 0 Å². The third-order valence-corrected chi connectivity index (χ3v) is 3.59. The number of hydrogen-bond donors (Lipinski definition) is 0. The van der Waals surface area contributed by atoms with Gasteiger partial charge in [-0.1, -0.05) is 60.1 Å². The zero-order valence-corrected chi connectivity index (χ0v) is 10.5. The Hall–Kier alpha value is -0.980. The van der Waals surface area contributed by atoms with Gasteiger partial charge in [0.1, 0.15) is 0 Å². The van der Waals surface area contributed by atoms with Gasteiger partial charge in [0.05, 0.1) is 5.38 Å². The molecule has 0 saturated carbocycles. The molecule has 0 fully saturated rings. The first kappa shape index (κ1) is 11.5. The molecule has 0 radical (unpaired) electrons. The molecule has 0 amide bonds. The summed E-state index contributed by atoms with van der Waals surface area (Å²) in [7, 11) is 0. The Labute approximate surface area is 106 Å². The Bertz CT molecular complexity index is 477. The molecule has 0 aliphatic heterocycles. The van der Waals surface area contributed by atoms with Crippen molar-refractivity contribution in [3.05, 3.63) is 70.2 Å². The van der Waals surface area contributed by atoms with Gasteiger partial charge in [0.2, 0.25) is 0 Å². The van der Waals surface area contributed by atoms with E-state index < -0.39 is 0 Å². The summed E-state index contributed by atoms with van der Waals surface area (Å²) in [6.45, 7) is 1.99. The van der Waals surface area contributed by atoms with E-state index in [-0.39, 0.29) is 5.38 Å². The first-order chi connectivity index (χ1) is 7.70. The second-order valence-electron chi connectivity index (χ2n) is 3.75. The minimum atomic E-state index is -0.186. The summed E-state index contributed by atoms with van der Waals surface area (Å²) in [5.74, 6) is 0. The molecule has 2 rings (SSSR count). The van der Waals surface area contributed by atoms with Crippen LogP contribution in [0.1, 0.15) is 22.1 Å². The third-order valence-electron chi connectivity index (χ3n) is 2.59. The van der Waals surface area contributed by atoms with E-state index in [1.54, 1.807) is 0 Å². The number of halogens is 2. The fraction of sp³-hybridized carbons (Fsp3) is 0.143. The Kier molecular flexibility index (Phi) is 3.52. The lowest BCUT2D eigenvalue weighted by atomic mass is 10.0. The average molecular weight is 251 g/mol. The maximum Gasteiger partial charge on any atom is 0.0849 e. The molecule has 0 aliphatic rings. The van der Waals surface area contributed by atoms with E-state index in [1.165, 1.54) is 0 Å². The Morgan fingerprint density at radius 3 is 2.31 bits per heavy atom. The molecule has 0 spiro atoms. The minimum absolute atomic E-state index is 0.186. The van der Waals surface area contributed by atoms with E-state index in [2.05, 4.69) is 0 Å². The lowest BCUT2D eigenvalue weighted by Gasteiger charge is -2.13. The highest BCUT2D eigenvalue weighted by Crippen LogP contribution is 2.34. The molecule has 0 heterocycles. The smallest absolute Gasteiger partial charge is 0.0849 e. The topological polar surface area (TPSA) is 0 Å². The van der Waals surface area contributed by atoms with Crippen molar-refractivity contribution in [1.82, 2.24) is 0 Å². The lowest BCUT2D eigenvalue weighted by Crippen LogP contribution is -1.95. The van der Waals surface area contributed by atoms with Gasteiger partial charge in [0.15, 0.2) is 0 Å². The zero-order chi connectivity index (χ0) is 11.5. The van der Waals surface area contributed by atoms with Gasteiger partial charge >= 0.3 is 0 Å². The van der Waals surface area contributed by atoms with E-state index in [1.807, 2.05) is 55.5 Å². The number of aryl methyl sites for hydroxylation is 1. The van der Waals surface area contributed by atoms with Crippen LogP contribution in [-0.2, 0) is 0 Å². The van der Waals surface area contributed by atoms with Crippen molar-refractivity contribution in [2.75, 3.05) is 0 Å². The molecular formula is C14H12Cl2. The second-order valence-corrected chi connectivity index (χ2v) is 4.57. The predicted molar refractivity (Wildman–Crippen MR) is 70.3 cm³/mol. The van der Waals surface area contributed by atoms with E-state index in [0.29, 0.717) is 0 Å². The van der Waals surface area contributed by atoms with Crippen molar-refractivity contribution in [2.24, 2.45) is 0 Å². The largest absolute Gasteiger partial charge is 0.113 e. The van der Waals surface area contributed by atoms with Crippen LogP contribution in [0.15, 0.2) is 48.5 Å². The Morgan fingerprint density at radius 2 is 1.62 bits per heavy atom. The summed E-state index contributed by atoms with van der Waals surface area (Å²) < 4.78 is 0. The first-order valence-electron chi connectivity index (χ1n) is 5.14. The lowest BCUT2D eigenvalue weighted by molar-refractivity contribution is 1.13. The molecule has 2 heteroatoms. The van der Waals surface area contributed by atoms with Gasteiger partial charge in [-0.25, -0.2) is 0 Å². The maximum absolute atomic E-state index is 6.42. The number of hydrogen-bond acceptors (Lipinski definition) is 0. The molecule has 16 heavy (non-hydrogen) atoms. The summed E-state index contributed by atoms with van der Waals surface area (Å²) in [4.78, 5) is 0. The van der Waals surface area contributed by atoms with Gasteiger partial charge in [0, 0.05) is 5.02 Å². The Morgan fingerprint density at radius 1 is 0.938 bits per heavy atom. The quantitative estimate of drug-likeness (QED) is 0.660. The van der Waals surface area contributed by atoms with Crippen LogP contribution in [0.25, 0.3) is 0 Å². The van der Waals surface area contributed by atoms with Gasteiger partial charge in [-0.05, 0) is 23.6 Å². The molecule has 0 saturated heterocycles. The van der Waals surface area contributed by atoms with Gasteiger partial charge < -0.3 is 0 Å². The standard InChI is InChI=1S/C14H12Cl2/c1-10-6-5-9-12(13(10)15)14(16)11-7-3-2-4-8-11/h2-9,14H,1H3. The molecule has 0 aromatic heterocycles. The van der Waals surface area contributed by atoms with Crippen LogP contribution in [0.2, 0.25) is 5.02 Å².